The molecule has 2 aromatic rings. The summed E-state index contributed by atoms with van der Waals surface area (Å²) < 4.78 is 12.3. The second-order valence-electron chi connectivity index (χ2n) is 7.87. The van der Waals surface area contributed by atoms with Crippen molar-refractivity contribution in [3.8, 4) is 0 Å². The van der Waals surface area contributed by atoms with Gasteiger partial charge in [0, 0.05) is 6.16 Å². The van der Waals surface area contributed by atoms with Crippen molar-refractivity contribution < 1.29 is 9.36 Å². The van der Waals surface area contributed by atoms with Gasteiger partial charge in [0.15, 0.2) is 0 Å². The Kier molecular flexibility index (Phi) is 12.5. The summed E-state index contributed by atoms with van der Waals surface area (Å²) in [5.74, 6) is 0. The summed E-state index contributed by atoms with van der Waals surface area (Å²) >= 11 is 12.1. The van der Waals surface area contributed by atoms with E-state index in [1.165, 1.54) is 56.9 Å². The third-order valence-electron chi connectivity index (χ3n) is 5.41. The molecule has 0 radical (unpaired) electrons. The van der Waals surface area contributed by atoms with Gasteiger partial charge < -0.3 is 4.57 Å². The van der Waals surface area contributed by atoms with Crippen LogP contribution in [0.4, 0.5) is 0 Å². The highest BCUT2D eigenvalue weighted by Crippen LogP contribution is 2.35. The van der Waals surface area contributed by atoms with Crippen molar-refractivity contribution in [3.63, 3.8) is 0 Å². The van der Waals surface area contributed by atoms with Crippen molar-refractivity contribution in [2.75, 3.05) is 6.16 Å². The number of carbonyl (C=O) groups excluding carboxylic acids is 1. The van der Waals surface area contributed by atoms with E-state index in [0.717, 1.165) is 19.3 Å². The first-order valence-electron chi connectivity index (χ1n) is 11.1. The average molecular weight is 467 g/mol. The zero-order chi connectivity index (χ0) is 21.6. The molecule has 0 saturated heterocycles. The Balaban J connectivity index is 1.44. The van der Waals surface area contributed by atoms with Crippen LogP contribution < -0.4 is 0 Å². The van der Waals surface area contributed by atoms with Crippen LogP contribution in [0.5, 0.6) is 0 Å². The largest absolute Gasteiger partial charge is 0.318 e. The van der Waals surface area contributed by atoms with Gasteiger partial charge in [-0.2, -0.15) is 0 Å². The normalized spacial score (nSPS) is 12.1. The van der Waals surface area contributed by atoms with Gasteiger partial charge in [-0.3, -0.25) is 4.79 Å². The summed E-state index contributed by atoms with van der Waals surface area (Å²) in [5, 5.41) is 0.567. The second-order valence-corrected chi connectivity index (χ2v) is 10.5. The fraction of sp³-hybridized carbons (Fsp3) is 0.480. The highest BCUT2D eigenvalue weighted by Gasteiger charge is 2.19. The summed E-state index contributed by atoms with van der Waals surface area (Å²) in [4.78, 5) is 12.3. The predicted molar refractivity (Wildman–Crippen MR) is 131 cm³/mol. The van der Waals surface area contributed by atoms with Gasteiger partial charge >= 0.3 is 0 Å². The molecule has 5 heteroatoms. The number of halogens is 2. The maximum absolute atomic E-state index is 12.3. The highest BCUT2D eigenvalue weighted by atomic mass is 35.5. The third-order valence-corrected chi connectivity index (χ3v) is 7.60. The minimum atomic E-state index is -2.35. The van der Waals surface area contributed by atoms with Crippen molar-refractivity contribution in [1.29, 1.82) is 0 Å². The van der Waals surface area contributed by atoms with Crippen LogP contribution in [0.1, 0.15) is 80.1 Å². The Bertz CT molecular complexity index is 773. The summed E-state index contributed by atoms with van der Waals surface area (Å²) in [6.45, 7) is 0. The Hall–Kier alpha value is -1.08. The van der Waals surface area contributed by atoms with Gasteiger partial charge in [0.2, 0.25) is 5.52 Å². The molecule has 0 aliphatic rings. The van der Waals surface area contributed by atoms with E-state index in [9.17, 15) is 9.36 Å². The Morgan fingerprint density at radius 1 is 0.667 bits per heavy atom. The van der Waals surface area contributed by atoms with E-state index in [1.807, 2.05) is 0 Å². The molecular formula is C25H33Cl2O2P. The van der Waals surface area contributed by atoms with Gasteiger partial charge in [-0.15, -0.1) is 0 Å². The van der Waals surface area contributed by atoms with Crippen LogP contribution in [0, 0.1) is 0 Å². The molecule has 0 fully saturated rings. The van der Waals surface area contributed by atoms with E-state index >= 15 is 0 Å². The van der Waals surface area contributed by atoms with E-state index in [4.69, 9.17) is 23.2 Å². The molecule has 0 heterocycles. The van der Waals surface area contributed by atoms with Gasteiger partial charge in [-0.1, -0.05) is 111 Å². The molecule has 0 aromatic heterocycles. The molecule has 0 bridgehead atoms. The average Bonchev–Trinajstić information content (AvgIpc) is 2.74. The van der Waals surface area contributed by atoms with Gasteiger partial charge in [0.05, 0.1) is 15.6 Å². The molecule has 30 heavy (non-hydrogen) atoms. The van der Waals surface area contributed by atoms with Crippen LogP contribution in [-0.2, 0) is 11.0 Å². The fourth-order valence-electron chi connectivity index (χ4n) is 3.64. The molecule has 2 nitrogen and oxygen atoms in total. The van der Waals surface area contributed by atoms with E-state index in [2.05, 4.69) is 30.3 Å². The summed E-state index contributed by atoms with van der Waals surface area (Å²) in [7, 11) is -2.35. The van der Waals surface area contributed by atoms with Crippen molar-refractivity contribution >= 4 is 36.5 Å². The minimum Gasteiger partial charge on any atom is -0.318 e. The molecule has 0 aliphatic heterocycles. The molecule has 0 N–H and O–H groups in total. The Morgan fingerprint density at radius 3 is 1.73 bits per heavy atom. The van der Waals surface area contributed by atoms with E-state index in [0.29, 0.717) is 6.16 Å². The fourth-order valence-corrected chi connectivity index (χ4v) is 5.72. The number of hydrogen-bond acceptors (Lipinski definition) is 2. The quantitative estimate of drug-likeness (QED) is 0.194. The van der Waals surface area contributed by atoms with Gasteiger partial charge in [0.25, 0.3) is 0 Å². The van der Waals surface area contributed by atoms with E-state index in [1.54, 1.807) is 18.2 Å². The maximum Gasteiger partial charge on any atom is 0.221 e. The lowest BCUT2D eigenvalue weighted by molar-refractivity contribution is 0.107. The molecule has 0 amide bonds. The smallest absolute Gasteiger partial charge is 0.221 e. The maximum atomic E-state index is 12.3. The summed E-state index contributed by atoms with van der Waals surface area (Å²) in [6, 6.07) is 15.6. The lowest BCUT2D eigenvalue weighted by Crippen LogP contribution is -1.98. The number of aryl methyl sites for hydroxylation is 1. The standard InChI is InChI=1S/C25H33Cl2O2P/c26-22-18-14-19-23(27)24(22)25(28)30(29)20-13-8-6-4-2-1-3-5-7-10-15-21-16-11-9-12-17-21/h9,11-12,14,16-19,30H,1-8,10,13,15,20H2. The van der Waals surface area contributed by atoms with Crippen LogP contribution in [0.3, 0.4) is 0 Å². The number of unbranched alkanes of at least 4 members (excludes halogenated alkanes) is 9. The molecule has 0 aliphatic carbocycles. The molecule has 0 saturated carbocycles. The van der Waals surface area contributed by atoms with Crippen molar-refractivity contribution in [2.24, 2.45) is 0 Å². The molecule has 2 rings (SSSR count). The van der Waals surface area contributed by atoms with Crippen molar-refractivity contribution in [3.05, 3.63) is 69.7 Å². The number of rotatable bonds is 15. The topological polar surface area (TPSA) is 34.1 Å². The molecule has 0 spiro atoms. The molecule has 1 unspecified atom stereocenters. The number of carbonyl (C=O) groups is 1. The Morgan fingerprint density at radius 2 is 1.17 bits per heavy atom. The lowest BCUT2D eigenvalue weighted by Gasteiger charge is -2.06. The predicted octanol–water partition coefficient (Wildman–Crippen LogP) is 8.84. The van der Waals surface area contributed by atoms with Crippen molar-refractivity contribution in [1.82, 2.24) is 0 Å². The van der Waals surface area contributed by atoms with Crippen molar-refractivity contribution in [2.45, 2.75) is 70.6 Å². The van der Waals surface area contributed by atoms with E-state index in [-0.39, 0.29) is 21.1 Å². The first-order chi connectivity index (χ1) is 14.6. The first kappa shape index (κ1) is 25.2. The monoisotopic (exact) mass is 466 g/mol. The third kappa shape index (κ3) is 9.38. The minimum absolute atomic E-state index is 0.216. The zero-order valence-electron chi connectivity index (χ0n) is 17.7. The van der Waals surface area contributed by atoms with Crippen LogP contribution in [0.2, 0.25) is 10.0 Å². The number of hydrogen-bond donors (Lipinski definition) is 0. The number of benzene rings is 2. The molecular weight excluding hydrogens is 434 g/mol. The first-order valence-corrected chi connectivity index (χ1v) is 13.5. The zero-order valence-corrected chi connectivity index (χ0v) is 20.2. The summed E-state index contributed by atoms with van der Waals surface area (Å²) in [5.41, 5.74) is 1.27. The summed E-state index contributed by atoms with van der Waals surface area (Å²) in [6.07, 6.45) is 13.6. The van der Waals surface area contributed by atoms with Crippen LogP contribution in [0.15, 0.2) is 48.5 Å². The molecule has 1 atom stereocenters. The van der Waals surface area contributed by atoms with Gasteiger partial charge in [-0.05, 0) is 37.0 Å². The molecule has 164 valence electrons. The van der Waals surface area contributed by atoms with Crippen LogP contribution >= 0.6 is 31.0 Å². The van der Waals surface area contributed by atoms with Crippen LogP contribution in [0.25, 0.3) is 0 Å². The molecule has 2 aromatic carbocycles. The highest BCUT2D eigenvalue weighted by molar-refractivity contribution is 7.64. The van der Waals surface area contributed by atoms with E-state index < -0.39 is 7.80 Å². The van der Waals surface area contributed by atoms with Crippen LogP contribution in [-0.4, -0.2) is 11.7 Å². The SMILES string of the molecule is O=C(c1c(Cl)cccc1Cl)[PH](=O)CCCCCCCCCCCCc1ccccc1. The van der Waals surface area contributed by atoms with Gasteiger partial charge in [-0.25, -0.2) is 0 Å². The second kappa shape index (κ2) is 14.8. The van der Waals surface area contributed by atoms with Gasteiger partial charge in [0.1, 0.15) is 7.80 Å². The lowest BCUT2D eigenvalue weighted by atomic mass is 10.0. The Labute approximate surface area is 192 Å².